The van der Waals surface area contributed by atoms with Crippen molar-refractivity contribution in [2.75, 3.05) is 13.7 Å². The minimum atomic E-state index is -0.791. The van der Waals surface area contributed by atoms with E-state index in [1.54, 1.807) is 0 Å². The lowest BCUT2D eigenvalue weighted by Gasteiger charge is -2.16. The molecule has 1 aromatic heterocycles. The third-order valence-corrected chi connectivity index (χ3v) is 5.47. The molecule has 0 aliphatic rings. The molecule has 2 aromatic rings. The largest absolute Gasteiger partial charge is 0.493 e. The molecule has 0 saturated carbocycles. The lowest BCUT2D eigenvalue weighted by molar-refractivity contribution is -0.136. The second-order valence-electron chi connectivity index (χ2n) is 8.03. The van der Waals surface area contributed by atoms with Gasteiger partial charge in [0.05, 0.1) is 18.2 Å². The number of aryl methyl sites for hydroxylation is 2. The van der Waals surface area contributed by atoms with Gasteiger partial charge in [-0.25, -0.2) is 4.98 Å². The lowest BCUT2D eigenvalue weighted by atomic mass is 9.98. The fraction of sp³-hybridized carbons (Fsp3) is 0.407. The second kappa shape index (κ2) is 13.4. The van der Waals surface area contributed by atoms with E-state index in [2.05, 4.69) is 29.9 Å². The van der Waals surface area contributed by atoms with Gasteiger partial charge in [0.15, 0.2) is 0 Å². The highest BCUT2D eigenvalue weighted by Crippen LogP contribution is 2.27. The van der Waals surface area contributed by atoms with Crippen molar-refractivity contribution < 1.29 is 19.1 Å². The number of benzene rings is 1. The van der Waals surface area contributed by atoms with Crippen LogP contribution >= 0.6 is 0 Å². The summed E-state index contributed by atoms with van der Waals surface area (Å²) < 4.78 is 12.0. The summed E-state index contributed by atoms with van der Waals surface area (Å²) in [6, 6.07) is 3.90. The number of aliphatic carboxylic acids is 1. The monoisotopic (exact) mass is 452 g/mol. The standard InChI is InChI=1S/C27H36N2O4/c1-6-7-8-9-10-11-19(2)27-29-24(21(4)33-27)16-17-32-25-14-12-22(13-15-26(30)31)20(3)23(25)18-28-5/h6,8-12,14,19,28H,1,7,13,15-18H2,2-5H3,(H,30,31)/b9-8-,11-10-. The predicted molar refractivity (Wildman–Crippen MR) is 132 cm³/mol. The second-order valence-corrected chi connectivity index (χ2v) is 8.03. The molecule has 6 nitrogen and oxygen atoms in total. The van der Waals surface area contributed by atoms with E-state index in [1.165, 1.54) is 0 Å². The Bertz CT molecular complexity index is 988. The Labute approximate surface area is 197 Å². The van der Waals surface area contributed by atoms with E-state index in [0.29, 0.717) is 31.9 Å². The highest BCUT2D eigenvalue weighted by atomic mass is 16.5. The molecule has 0 aliphatic heterocycles. The number of carboxylic acid groups (broad SMARTS) is 1. The van der Waals surface area contributed by atoms with Crippen LogP contribution in [0.15, 0.2) is 53.5 Å². The van der Waals surface area contributed by atoms with Gasteiger partial charge in [-0.05, 0) is 50.9 Å². The number of rotatable bonds is 14. The number of hydrogen-bond acceptors (Lipinski definition) is 5. The Morgan fingerprint density at radius 3 is 2.79 bits per heavy atom. The first kappa shape index (κ1) is 26.1. The summed E-state index contributed by atoms with van der Waals surface area (Å²) in [7, 11) is 1.89. The quantitative estimate of drug-likeness (QED) is 0.293. The van der Waals surface area contributed by atoms with Gasteiger partial charge in [0.25, 0.3) is 0 Å². The van der Waals surface area contributed by atoms with Crippen LogP contribution < -0.4 is 10.1 Å². The molecule has 0 amide bonds. The smallest absolute Gasteiger partial charge is 0.303 e. The van der Waals surface area contributed by atoms with Gasteiger partial charge in [0.2, 0.25) is 5.89 Å². The number of nitrogens with zero attached hydrogens (tertiary/aromatic N) is 1. The van der Waals surface area contributed by atoms with Crippen LogP contribution in [0.25, 0.3) is 0 Å². The number of allylic oxidation sites excluding steroid dienone is 5. The SMILES string of the molecule is C=CC/C=C\C=C/C(C)c1nc(CCOc2ccc(CCC(=O)O)c(C)c2CNC)c(C)o1. The number of hydrogen-bond donors (Lipinski definition) is 2. The molecule has 1 atom stereocenters. The molecule has 1 unspecified atom stereocenters. The Morgan fingerprint density at radius 1 is 1.30 bits per heavy atom. The van der Waals surface area contributed by atoms with Gasteiger partial charge in [-0.1, -0.05) is 43.4 Å². The van der Waals surface area contributed by atoms with Crippen molar-refractivity contribution in [3.05, 3.63) is 83.1 Å². The van der Waals surface area contributed by atoms with Gasteiger partial charge >= 0.3 is 5.97 Å². The van der Waals surface area contributed by atoms with Crippen LogP contribution in [0.4, 0.5) is 0 Å². The maximum Gasteiger partial charge on any atom is 0.303 e. The number of nitrogens with one attached hydrogen (secondary N) is 1. The topological polar surface area (TPSA) is 84.6 Å². The Balaban J connectivity index is 2.02. The number of oxazole rings is 1. The lowest BCUT2D eigenvalue weighted by Crippen LogP contribution is -2.12. The molecule has 0 spiro atoms. The minimum Gasteiger partial charge on any atom is -0.493 e. The summed E-state index contributed by atoms with van der Waals surface area (Å²) in [5.74, 6) is 1.61. The fourth-order valence-corrected chi connectivity index (χ4v) is 3.53. The molecule has 6 heteroatoms. The van der Waals surface area contributed by atoms with Crippen molar-refractivity contribution in [3.63, 3.8) is 0 Å². The van der Waals surface area contributed by atoms with E-state index < -0.39 is 5.97 Å². The van der Waals surface area contributed by atoms with Gasteiger partial charge < -0.3 is 19.6 Å². The first-order valence-corrected chi connectivity index (χ1v) is 11.4. The van der Waals surface area contributed by atoms with Crippen molar-refractivity contribution in [1.82, 2.24) is 10.3 Å². The molecular formula is C27H36N2O4. The zero-order valence-corrected chi connectivity index (χ0v) is 20.2. The van der Waals surface area contributed by atoms with Crippen LogP contribution in [0, 0.1) is 13.8 Å². The van der Waals surface area contributed by atoms with Crippen LogP contribution in [-0.2, 0) is 24.2 Å². The van der Waals surface area contributed by atoms with Crippen molar-refractivity contribution in [3.8, 4) is 5.75 Å². The summed E-state index contributed by atoms with van der Waals surface area (Å²) >= 11 is 0. The van der Waals surface area contributed by atoms with Crippen LogP contribution in [0.5, 0.6) is 5.75 Å². The first-order valence-electron chi connectivity index (χ1n) is 11.4. The van der Waals surface area contributed by atoms with Crippen molar-refractivity contribution in [2.24, 2.45) is 0 Å². The summed E-state index contributed by atoms with van der Waals surface area (Å²) in [5, 5.41) is 12.2. The van der Waals surface area contributed by atoms with E-state index in [9.17, 15) is 4.79 Å². The minimum absolute atomic E-state index is 0.0787. The molecule has 1 heterocycles. The van der Waals surface area contributed by atoms with Crippen LogP contribution in [0.2, 0.25) is 0 Å². The van der Waals surface area contributed by atoms with Crippen LogP contribution in [0.1, 0.15) is 59.7 Å². The number of aromatic nitrogens is 1. The normalized spacial score (nSPS) is 12.5. The maximum absolute atomic E-state index is 10.9. The zero-order chi connectivity index (χ0) is 24.2. The molecule has 2 rings (SSSR count). The van der Waals surface area contributed by atoms with Gasteiger partial charge in [-0.3, -0.25) is 4.79 Å². The van der Waals surface area contributed by atoms with E-state index in [0.717, 1.165) is 40.3 Å². The average molecular weight is 453 g/mol. The molecule has 0 bridgehead atoms. The third kappa shape index (κ3) is 8.06. The predicted octanol–water partition coefficient (Wildman–Crippen LogP) is 5.44. The Morgan fingerprint density at radius 2 is 2.09 bits per heavy atom. The maximum atomic E-state index is 10.9. The fourth-order valence-electron chi connectivity index (χ4n) is 3.53. The van der Waals surface area contributed by atoms with Gasteiger partial charge in [0, 0.05) is 24.9 Å². The molecule has 0 fully saturated rings. The van der Waals surface area contributed by atoms with Crippen molar-refractivity contribution in [2.45, 2.75) is 58.9 Å². The zero-order valence-electron chi connectivity index (χ0n) is 20.2. The molecule has 33 heavy (non-hydrogen) atoms. The van der Waals surface area contributed by atoms with E-state index in [1.807, 2.05) is 57.3 Å². The van der Waals surface area contributed by atoms with E-state index in [4.69, 9.17) is 14.3 Å². The third-order valence-electron chi connectivity index (χ3n) is 5.47. The van der Waals surface area contributed by atoms with Crippen molar-refractivity contribution >= 4 is 5.97 Å². The molecule has 2 N–H and O–H groups in total. The van der Waals surface area contributed by atoms with E-state index >= 15 is 0 Å². The summed E-state index contributed by atoms with van der Waals surface area (Å²) in [6.07, 6.45) is 12.1. The summed E-state index contributed by atoms with van der Waals surface area (Å²) in [5.41, 5.74) is 4.07. The molecular weight excluding hydrogens is 416 g/mol. The molecule has 178 valence electrons. The van der Waals surface area contributed by atoms with Crippen LogP contribution in [0.3, 0.4) is 0 Å². The Hall–Kier alpha value is -3.12. The first-order chi connectivity index (χ1) is 15.9. The highest BCUT2D eigenvalue weighted by Gasteiger charge is 2.15. The van der Waals surface area contributed by atoms with E-state index in [-0.39, 0.29) is 12.3 Å². The molecule has 0 aliphatic carbocycles. The number of ether oxygens (including phenoxy) is 1. The average Bonchev–Trinajstić information content (AvgIpc) is 3.15. The van der Waals surface area contributed by atoms with Gasteiger partial charge in [-0.15, -0.1) is 6.58 Å². The van der Waals surface area contributed by atoms with Crippen molar-refractivity contribution in [1.29, 1.82) is 0 Å². The summed E-state index contributed by atoms with van der Waals surface area (Å²) in [6.45, 7) is 10.8. The summed E-state index contributed by atoms with van der Waals surface area (Å²) in [4.78, 5) is 15.6. The Kier molecular flexibility index (Phi) is 10.6. The molecule has 0 radical (unpaired) electrons. The number of carboxylic acids is 1. The van der Waals surface area contributed by atoms with Gasteiger partial charge in [-0.2, -0.15) is 0 Å². The van der Waals surface area contributed by atoms with Gasteiger partial charge in [0.1, 0.15) is 11.5 Å². The number of carbonyl (C=O) groups is 1. The van der Waals surface area contributed by atoms with Crippen LogP contribution in [-0.4, -0.2) is 29.7 Å². The molecule has 1 aromatic carbocycles. The molecule has 0 saturated heterocycles. The highest BCUT2D eigenvalue weighted by molar-refractivity contribution is 5.67.